The standard InChI is InChI=1S/C72H46N4O/c1-3-17-45(18-4-1)48-39-51(75-62-26-12-7-21-53(62)54-22-8-13-27-63(54)75)43-52(40-48)76-66-30-16-11-25-58(66)71-69(76)37-34-57-61-44-50(33-38-70(61)77-72(57)71)74-65-29-15-10-24-56(65)60-42-47(32-36-68(60)74)46-31-35-67-59(41-46)55-23-9-14-28-64(55)73(67)49-19-5-2-6-20-49/h1-12,14-26,28-44H,13,27H2. The third-order valence-electron chi connectivity index (χ3n) is 16.6. The second kappa shape index (κ2) is 16.2. The lowest BCUT2D eigenvalue weighted by atomic mass is 10.0. The monoisotopic (exact) mass is 982 g/mol. The summed E-state index contributed by atoms with van der Waals surface area (Å²) in [5.74, 6) is 0. The molecule has 1 aliphatic rings. The van der Waals surface area contributed by atoms with Crippen molar-refractivity contribution >= 4 is 104 Å². The van der Waals surface area contributed by atoms with Gasteiger partial charge in [-0.05, 0) is 144 Å². The van der Waals surface area contributed by atoms with Crippen molar-refractivity contribution in [3.8, 4) is 45.0 Å². The lowest BCUT2D eigenvalue weighted by molar-refractivity contribution is 0.673. The number of allylic oxidation sites excluding steroid dienone is 1. The Morgan fingerprint density at radius 3 is 1.52 bits per heavy atom. The average Bonchev–Trinajstić information content (AvgIpc) is 4.30. The van der Waals surface area contributed by atoms with E-state index in [-0.39, 0.29) is 0 Å². The van der Waals surface area contributed by atoms with Crippen LogP contribution in [0.15, 0.2) is 253 Å². The maximum Gasteiger partial charge on any atom is 0.145 e. The quantitative estimate of drug-likeness (QED) is 0.163. The van der Waals surface area contributed by atoms with Crippen LogP contribution in [0.3, 0.4) is 0 Å². The first kappa shape index (κ1) is 42.3. The first-order valence-corrected chi connectivity index (χ1v) is 26.7. The summed E-state index contributed by atoms with van der Waals surface area (Å²) in [5, 5.41) is 10.7. The van der Waals surface area contributed by atoms with Gasteiger partial charge in [0.2, 0.25) is 0 Å². The van der Waals surface area contributed by atoms with E-state index in [1.54, 1.807) is 0 Å². The molecule has 0 aliphatic heterocycles. The van der Waals surface area contributed by atoms with Crippen molar-refractivity contribution in [1.29, 1.82) is 0 Å². The minimum absolute atomic E-state index is 0.867. The van der Waals surface area contributed by atoms with Gasteiger partial charge in [-0.15, -0.1) is 0 Å². The molecule has 5 heteroatoms. The molecule has 16 aromatic rings. The minimum atomic E-state index is 0.867. The topological polar surface area (TPSA) is 32.9 Å². The van der Waals surface area contributed by atoms with Crippen LogP contribution in [0.4, 0.5) is 0 Å². The van der Waals surface area contributed by atoms with Crippen LogP contribution in [0.25, 0.3) is 149 Å². The number of aromatic nitrogens is 4. The molecule has 0 saturated carbocycles. The highest BCUT2D eigenvalue weighted by atomic mass is 16.3. The molecule has 0 fully saturated rings. The van der Waals surface area contributed by atoms with Crippen LogP contribution in [0.2, 0.25) is 0 Å². The van der Waals surface area contributed by atoms with E-state index in [1.807, 2.05) is 0 Å². The molecule has 0 atom stereocenters. The van der Waals surface area contributed by atoms with Gasteiger partial charge < -0.3 is 22.7 Å². The van der Waals surface area contributed by atoms with Crippen molar-refractivity contribution < 1.29 is 4.42 Å². The molecule has 0 N–H and O–H groups in total. The second-order valence-electron chi connectivity index (χ2n) is 20.7. The Kier molecular flexibility index (Phi) is 8.89. The molecule has 1 aliphatic carbocycles. The van der Waals surface area contributed by atoms with Crippen molar-refractivity contribution in [2.45, 2.75) is 12.8 Å². The van der Waals surface area contributed by atoms with E-state index in [0.29, 0.717) is 0 Å². The number of nitrogens with zero attached hydrogens (tertiary/aromatic N) is 4. The lowest BCUT2D eigenvalue weighted by Crippen LogP contribution is -2.05. The summed E-state index contributed by atoms with van der Waals surface area (Å²) in [4.78, 5) is 0. The van der Waals surface area contributed by atoms with Crippen LogP contribution in [0.5, 0.6) is 0 Å². The molecule has 0 unspecified atom stereocenters. The van der Waals surface area contributed by atoms with Gasteiger partial charge in [-0.1, -0.05) is 146 Å². The summed E-state index contributed by atoms with van der Waals surface area (Å²) >= 11 is 0. The molecular formula is C72H46N4O. The number of furan rings is 1. The van der Waals surface area contributed by atoms with E-state index < -0.39 is 0 Å². The lowest BCUT2D eigenvalue weighted by Gasteiger charge is -2.18. The van der Waals surface area contributed by atoms with E-state index in [2.05, 4.69) is 273 Å². The number of hydrogen-bond donors (Lipinski definition) is 0. The zero-order valence-electron chi connectivity index (χ0n) is 41.9. The zero-order valence-corrected chi connectivity index (χ0v) is 41.9. The second-order valence-corrected chi connectivity index (χ2v) is 20.7. The van der Waals surface area contributed by atoms with E-state index in [4.69, 9.17) is 4.42 Å². The van der Waals surface area contributed by atoms with Crippen molar-refractivity contribution in [3.63, 3.8) is 0 Å². The summed E-state index contributed by atoms with van der Waals surface area (Å²) in [6, 6.07) is 89.1. The first-order chi connectivity index (χ1) is 38.2. The highest BCUT2D eigenvalue weighted by Crippen LogP contribution is 2.45. The largest absolute Gasteiger partial charge is 0.455 e. The number of fused-ring (bicyclic) bond motifs is 16. The highest BCUT2D eigenvalue weighted by molar-refractivity contribution is 6.24. The van der Waals surface area contributed by atoms with Gasteiger partial charge in [-0.3, -0.25) is 0 Å². The molecule has 0 amide bonds. The third kappa shape index (κ3) is 6.17. The van der Waals surface area contributed by atoms with E-state index in [1.165, 1.54) is 82.5 Å². The van der Waals surface area contributed by atoms with Crippen LogP contribution < -0.4 is 0 Å². The average molecular weight is 983 g/mol. The van der Waals surface area contributed by atoms with Gasteiger partial charge in [0, 0.05) is 77.1 Å². The van der Waals surface area contributed by atoms with Gasteiger partial charge in [0.1, 0.15) is 11.2 Å². The fourth-order valence-electron chi connectivity index (χ4n) is 13.2. The number of hydrogen-bond acceptors (Lipinski definition) is 1. The highest BCUT2D eigenvalue weighted by Gasteiger charge is 2.24. The molecule has 0 radical (unpaired) electrons. The summed E-state index contributed by atoms with van der Waals surface area (Å²) in [6.07, 6.45) is 6.65. The molecule has 5 nitrogen and oxygen atoms in total. The van der Waals surface area contributed by atoms with E-state index in [0.717, 1.165) is 84.9 Å². The number of rotatable bonds is 6. The van der Waals surface area contributed by atoms with Crippen molar-refractivity contribution in [1.82, 2.24) is 18.3 Å². The smallest absolute Gasteiger partial charge is 0.145 e. The fourth-order valence-corrected chi connectivity index (χ4v) is 13.2. The number of para-hydroxylation sites is 5. The SMILES string of the molecule is C1=Cc2c(n(-c3cc(-c4ccccc4)cc(-n4c5ccccc5c5c6oc7ccc(-n8c9ccccc9c9cc(-c%10ccc%11c(c%10)c%10ccccc%10n%11-c%10ccccc%10)ccc98)cc7c6ccc54)c3)c3ccccc23)CC1. The van der Waals surface area contributed by atoms with Crippen molar-refractivity contribution in [3.05, 3.63) is 260 Å². The molecule has 11 aromatic carbocycles. The molecule has 0 spiro atoms. The van der Waals surface area contributed by atoms with Gasteiger partial charge in [0.15, 0.2) is 0 Å². The van der Waals surface area contributed by atoms with Crippen LogP contribution >= 0.6 is 0 Å². The van der Waals surface area contributed by atoms with Crippen molar-refractivity contribution in [2.75, 3.05) is 0 Å². The van der Waals surface area contributed by atoms with Crippen LogP contribution in [-0.2, 0) is 6.42 Å². The van der Waals surface area contributed by atoms with Gasteiger partial charge in [0.25, 0.3) is 0 Å². The normalized spacial score (nSPS) is 12.8. The molecule has 0 saturated heterocycles. The molecule has 5 aromatic heterocycles. The van der Waals surface area contributed by atoms with E-state index >= 15 is 0 Å². The molecule has 360 valence electrons. The Morgan fingerprint density at radius 1 is 0.299 bits per heavy atom. The van der Waals surface area contributed by atoms with Crippen LogP contribution in [-0.4, -0.2) is 18.3 Å². The maximum absolute atomic E-state index is 7.07. The summed E-state index contributed by atoms with van der Waals surface area (Å²) < 4.78 is 16.8. The van der Waals surface area contributed by atoms with Crippen LogP contribution in [0, 0.1) is 0 Å². The van der Waals surface area contributed by atoms with E-state index in [9.17, 15) is 0 Å². The molecule has 77 heavy (non-hydrogen) atoms. The van der Waals surface area contributed by atoms with Crippen molar-refractivity contribution in [2.24, 2.45) is 0 Å². The summed E-state index contributed by atoms with van der Waals surface area (Å²) in [7, 11) is 0. The molecule has 17 rings (SSSR count). The van der Waals surface area contributed by atoms with Gasteiger partial charge in [-0.25, -0.2) is 0 Å². The zero-order chi connectivity index (χ0) is 50.3. The Bertz CT molecular complexity index is 5150. The first-order valence-electron chi connectivity index (χ1n) is 26.7. The van der Waals surface area contributed by atoms with Gasteiger partial charge in [0.05, 0.1) is 44.0 Å². The third-order valence-corrected chi connectivity index (χ3v) is 16.6. The maximum atomic E-state index is 7.07. The Hall–Kier alpha value is -10.1. The fraction of sp³-hybridized carbons (Fsp3) is 0.0278. The summed E-state index contributed by atoms with van der Waals surface area (Å²) in [6.45, 7) is 0. The van der Waals surface area contributed by atoms with Crippen LogP contribution in [0.1, 0.15) is 17.7 Å². The molecule has 5 heterocycles. The predicted molar refractivity (Wildman–Crippen MR) is 322 cm³/mol. The molecular weight excluding hydrogens is 937 g/mol. The molecule has 0 bridgehead atoms. The predicted octanol–water partition coefficient (Wildman–Crippen LogP) is 19.1. The Morgan fingerprint density at radius 2 is 0.831 bits per heavy atom. The van der Waals surface area contributed by atoms with Gasteiger partial charge >= 0.3 is 0 Å². The Labute approximate surface area is 442 Å². The number of benzene rings is 11. The Balaban J connectivity index is 0.824. The minimum Gasteiger partial charge on any atom is -0.455 e. The van der Waals surface area contributed by atoms with Gasteiger partial charge in [-0.2, -0.15) is 0 Å². The summed E-state index contributed by atoms with van der Waals surface area (Å²) in [5.41, 5.74) is 21.9.